The maximum Gasteiger partial charge on any atom is 0.141 e. The minimum Gasteiger partial charge on any atom is -0.395 e. The molecule has 1 atom stereocenters. The SMILES string of the molecule is CCCN(CCO)CCC(NC)c1ccc(F)cn1. The summed E-state index contributed by atoms with van der Waals surface area (Å²) in [5.41, 5.74) is 0.851. The van der Waals surface area contributed by atoms with Crippen LogP contribution in [0.3, 0.4) is 0 Å². The number of hydrogen-bond donors (Lipinski definition) is 2. The Balaban J connectivity index is 2.53. The van der Waals surface area contributed by atoms with Crippen molar-refractivity contribution in [3.05, 3.63) is 29.8 Å². The van der Waals surface area contributed by atoms with E-state index in [0.717, 1.165) is 31.6 Å². The summed E-state index contributed by atoms with van der Waals surface area (Å²) in [6.07, 6.45) is 3.20. The van der Waals surface area contributed by atoms with Crippen molar-refractivity contribution in [2.45, 2.75) is 25.8 Å². The summed E-state index contributed by atoms with van der Waals surface area (Å²) in [6, 6.07) is 3.26. The fraction of sp³-hybridized carbons (Fsp3) is 0.643. The number of aliphatic hydroxyl groups is 1. The maximum atomic E-state index is 12.8. The van der Waals surface area contributed by atoms with Crippen molar-refractivity contribution in [1.82, 2.24) is 15.2 Å². The second kappa shape index (κ2) is 8.96. The van der Waals surface area contributed by atoms with Crippen molar-refractivity contribution in [3.8, 4) is 0 Å². The highest BCUT2D eigenvalue weighted by atomic mass is 19.1. The molecule has 5 heteroatoms. The van der Waals surface area contributed by atoms with Crippen LogP contribution in [0.5, 0.6) is 0 Å². The first kappa shape index (κ1) is 16.0. The second-order valence-electron chi connectivity index (χ2n) is 4.60. The van der Waals surface area contributed by atoms with E-state index in [1.54, 1.807) is 6.07 Å². The van der Waals surface area contributed by atoms with Gasteiger partial charge in [0.05, 0.1) is 24.5 Å². The van der Waals surface area contributed by atoms with Crippen LogP contribution in [0.15, 0.2) is 18.3 Å². The quantitative estimate of drug-likeness (QED) is 0.714. The van der Waals surface area contributed by atoms with Crippen LogP contribution in [-0.2, 0) is 0 Å². The Morgan fingerprint density at radius 3 is 2.68 bits per heavy atom. The van der Waals surface area contributed by atoms with Crippen LogP contribution in [0.4, 0.5) is 4.39 Å². The van der Waals surface area contributed by atoms with E-state index >= 15 is 0 Å². The van der Waals surface area contributed by atoms with E-state index < -0.39 is 0 Å². The third-order valence-electron chi connectivity index (χ3n) is 3.15. The lowest BCUT2D eigenvalue weighted by atomic mass is 10.1. The summed E-state index contributed by atoms with van der Waals surface area (Å²) in [4.78, 5) is 6.34. The average Bonchev–Trinajstić information content (AvgIpc) is 2.41. The van der Waals surface area contributed by atoms with Gasteiger partial charge in [-0.3, -0.25) is 4.98 Å². The number of nitrogens with zero attached hydrogens (tertiary/aromatic N) is 2. The molecule has 0 radical (unpaired) electrons. The molecule has 0 aromatic carbocycles. The lowest BCUT2D eigenvalue weighted by Crippen LogP contribution is -2.31. The zero-order valence-corrected chi connectivity index (χ0v) is 11.8. The van der Waals surface area contributed by atoms with Crippen molar-refractivity contribution < 1.29 is 9.50 Å². The van der Waals surface area contributed by atoms with E-state index in [1.165, 1.54) is 12.3 Å². The third-order valence-corrected chi connectivity index (χ3v) is 3.15. The first-order valence-electron chi connectivity index (χ1n) is 6.83. The topological polar surface area (TPSA) is 48.4 Å². The van der Waals surface area contributed by atoms with Gasteiger partial charge in [-0.2, -0.15) is 0 Å². The van der Waals surface area contributed by atoms with Gasteiger partial charge in [-0.25, -0.2) is 4.39 Å². The number of nitrogens with one attached hydrogen (secondary N) is 1. The minimum atomic E-state index is -0.313. The number of pyridine rings is 1. The van der Waals surface area contributed by atoms with Crippen LogP contribution in [0.1, 0.15) is 31.5 Å². The van der Waals surface area contributed by atoms with Gasteiger partial charge in [0, 0.05) is 13.1 Å². The monoisotopic (exact) mass is 269 g/mol. The Morgan fingerprint density at radius 1 is 1.37 bits per heavy atom. The largest absolute Gasteiger partial charge is 0.395 e. The zero-order chi connectivity index (χ0) is 14.1. The van der Waals surface area contributed by atoms with E-state index in [4.69, 9.17) is 5.11 Å². The third kappa shape index (κ3) is 5.63. The van der Waals surface area contributed by atoms with Crippen LogP contribution in [0.2, 0.25) is 0 Å². The number of hydrogen-bond acceptors (Lipinski definition) is 4. The van der Waals surface area contributed by atoms with Crippen molar-refractivity contribution in [2.24, 2.45) is 0 Å². The van der Waals surface area contributed by atoms with Gasteiger partial charge in [0.2, 0.25) is 0 Å². The molecule has 2 N–H and O–H groups in total. The van der Waals surface area contributed by atoms with Gasteiger partial charge in [-0.15, -0.1) is 0 Å². The predicted octanol–water partition coefficient (Wildman–Crippen LogP) is 1.58. The Kier molecular flexibility index (Phi) is 7.55. The summed E-state index contributed by atoms with van der Waals surface area (Å²) in [5.74, 6) is -0.313. The lowest BCUT2D eigenvalue weighted by molar-refractivity contribution is 0.189. The van der Waals surface area contributed by atoms with Gasteiger partial charge in [0.25, 0.3) is 0 Å². The molecule has 1 heterocycles. The van der Waals surface area contributed by atoms with Crippen molar-refractivity contribution >= 4 is 0 Å². The van der Waals surface area contributed by atoms with E-state index in [2.05, 4.69) is 22.1 Å². The molecule has 0 aliphatic carbocycles. The molecule has 108 valence electrons. The van der Waals surface area contributed by atoms with Gasteiger partial charge < -0.3 is 15.3 Å². The molecule has 4 nitrogen and oxygen atoms in total. The summed E-state index contributed by atoms with van der Waals surface area (Å²) in [5, 5.41) is 12.2. The fourth-order valence-electron chi connectivity index (χ4n) is 2.14. The van der Waals surface area contributed by atoms with E-state index in [-0.39, 0.29) is 18.5 Å². The Bertz CT molecular complexity index is 339. The maximum absolute atomic E-state index is 12.8. The molecule has 19 heavy (non-hydrogen) atoms. The lowest BCUT2D eigenvalue weighted by Gasteiger charge is -2.23. The molecule has 1 aromatic heterocycles. The summed E-state index contributed by atoms with van der Waals surface area (Å²) >= 11 is 0. The highest BCUT2D eigenvalue weighted by molar-refractivity contribution is 5.09. The molecule has 0 fully saturated rings. The molecule has 1 unspecified atom stereocenters. The predicted molar refractivity (Wildman–Crippen MR) is 74.4 cm³/mol. The molecule has 0 saturated heterocycles. The van der Waals surface area contributed by atoms with Crippen LogP contribution in [0, 0.1) is 5.82 Å². The van der Waals surface area contributed by atoms with Crippen molar-refractivity contribution in [1.29, 1.82) is 0 Å². The number of aliphatic hydroxyl groups excluding tert-OH is 1. The summed E-state index contributed by atoms with van der Waals surface area (Å²) in [6.45, 7) is 4.87. The molecular weight excluding hydrogens is 245 g/mol. The van der Waals surface area contributed by atoms with E-state index in [9.17, 15) is 4.39 Å². The Morgan fingerprint density at radius 2 is 2.16 bits per heavy atom. The highest BCUT2D eigenvalue weighted by Gasteiger charge is 2.12. The zero-order valence-electron chi connectivity index (χ0n) is 11.8. The molecule has 1 rings (SSSR count). The molecular formula is C14H24FN3O. The Hall–Kier alpha value is -1.04. The molecule has 0 aliphatic rings. The number of rotatable bonds is 9. The molecule has 0 spiro atoms. The molecule has 0 amide bonds. The van der Waals surface area contributed by atoms with E-state index in [0.29, 0.717) is 6.54 Å². The summed E-state index contributed by atoms with van der Waals surface area (Å²) < 4.78 is 12.8. The minimum absolute atomic E-state index is 0.110. The van der Waals surface area contributed by atoms with E-state index in [1.807, 2.05) is 7.05 Å². The first-order chi connectivity index (χ1) is 9.21. The Labute approximate surface area is 114 Å². The van der Waals surface area contributed by atoms with Gasteiger partial charge in [-0.1, -0.05) is 6.92 Å². The number of aromatic nitrogens is 1. The van der Waals surface area contributed by atoms with Crippen LogP contribution >= 0.6 is 0 Å². The van der Waals surface area contributed by atoms with Gasteiger partial charge in [0.15, 0.2) is 0 Å². The van der Waals surface area contributed by atoms with Crippen molar-refractivity contribution in [2.75, 3.05) is 33.3 Å². The molecule has 0 aliphatic heterocycles. The number of halogens is 1. The molecule has 0 bridgehead atoms. The standard InChI is InChI=1S/C14H24FN3O/c1-3-7-18(9-10-19)8-6-13(16-2)14-5-4-12(15)11-17-14/h4-5,11,13,16,19H,3,6-10H2,1-2H3. The molecule has 0 saturated carbocycles. The van der Waals surface area contributed by atoms with Crippen molar-refractivity contribution in [3.63, 3.8) is 0 Å². The highest BCUT2D eigenvalue weighted by Crippen LogP contribution is 2.14. The van der Waals surface area contributed by atoms with Gasteiger partial charge in [0.1, 0.15) is 5.82 Å². The average molecular weight is 269 g/mol. The second-order valence-corrected chi connectivity index (χ2v) is 4.60. The van der Waals surface area contributed by atoms with Gasteiger partial charge in [-0.05, 0) is 38.6 Å². The molecule has 1 aromatic rings. The van der Waals surface area contributed by atoms with Crippen LogP contribution in [-0.4, -0.2) is 48.3 Å². The van der Waals surface area contributed by atoms with Gasteiger partial charge >= 0.3 is 0 Å². The normalized spacial score (nSPS) is 12.9. The van der Waals surface area contributed by atoms with Crippen LogP contribution in [0.25, 0.3) is 0 Å². The fourth-order valence-corrected chi connectivity index (χ4v) is 2.14. The first-order valence-corrected chi connectivity index (χ1v) is 6.83. The van der Waals surface area contributed by atoms with Crippen LogP contribution < -0.4 is 5.32 Å². The summed E-state index contributed by atoms with van der Waals surface area (Å²) in [7, 11) is 1.88. The smallest absolute Gasteiger partial charge is 0.141 e.